The zero-order valence-electron chi connectivity index (χ0n) is 18.5. The molecular weight excluding hydrogens is 368 g/mol. The molecule has 2 aliphatic carbocycles. The predicted octanol–water partition coefficient (Wildman–Crippen LogP) is 3.18. The molecule has 164 valence electrons. The van der Waals surface area contributed by atoms with Crippen molar-refractivity contribution >= 4 is 23.4 Å². The standard InChI is InChI=1S/C23H38N2O4/c1-14-9-18(5-7-20(14)24-22(28)11-16(3)26)13-19-6-8-21(15(2)10-19)25-23(29)12-17(4)27/h14-15,18-21H,5-13H2,1-4H3,(H,24,28)(H,25,29). The van der Waals surface area contributed by atoms with Crippen LogP contribution in [0.3, 0.4) is 0 Å². The summed E-state index contributed by atoms with van der Waals surface area (Å²) < 4.78 is 0. The van der Waals surface area contributed by atoms with Crippen LogP contribution in [0.4, 0.5) is 0 Å². The third kappa shape index (κ3) is 7.90. The van der Waals surface area contributed by atoms with Gasteiger partial charge in [0, 0.05) is 12.1 Å². The lowest BCUT2D eigenvalue weighted by atomic mass is 9.70. The van der Waals surface area contributed by atoms with E-state index in [0.29, 0.717) is 23.7 Å². The molecule has 0 bridgehead atoms. The van der Waals surface area contributed by atoms with Crippen LogP contribution >= 0.6 is 0 Å². The molecule has 6 atom stereocenters. The van der Waals surface area contributed by atoms with Gasteiger partial charge in [0.15, 0.2) is 0 Å². The molecule has 2 amide bonds. The average Bonchev–Trinajstić information content (AvgIpc) is 2.58. The molecule has 0 saturated heterocycles. The van der Waals surface area contributed by atoms with Crippen LogP contribution in [-0.2, 0) is 19.2 Å². The van der Waals surface area contributed by atoms with Crippen LogP contribution in [0.2, 0.25) is 0 Å². The number of amides is 2. The summed E-state index contributed by atoms with van der Waals surface area (Å²) in [5.74, 6) is 1.77. The Labute approximate surface area is 175 Å². The van der Waals surface area contributed by atoms with Gasteiger partial charge in [-0.3, -0.25) is 19.2 Å². The number of Topliss-reactive ketones (excluding diaryl/α,β-unsaturated/α-hetero) is 2. The van der Waals surface area contributed by atoms with Gasteiger partial charge in [-0.1, -0.05) is 13.8 Å². The van der Waals surface area contributed by atoms with Gasteiger partial charge in [-0.2, -0.15) is 0 Å². The molecule has 0 radical (unpaired) electrons. The molecule has 0 aromatic carbocycles. The third-order valence-electron chi connectivity index (χ3n) is 6.73. The van der Waals surface area contributed by atoms with Crippen molar-refractivity contribution in [3.63, 3.8) is 0 Å². The maximum atomic E-state index is 11.9. The molecule has 2 fully saturated rings. The zero-order valence-corrected chi connectivity index (χ0v) is 18.5. The van der Waals surface area contributed by atoms with E-state index < -0.39 is 0 Å². The fourth-order valence-electron chi connectivity index (χ4n) is 5.31. The van der Waals surface area contributed by atoms with E-state index in [2.05, 4.69) is 24.5 Å². The van der Waals surface area contributed by atoms with Gasteiger partial charge >= 0.3 is 0 Å². The van der Waals surface area contributed by atoms with E-state index in [1.165, 1.54) is 20.3 Å². The van der Waals surface area contributed by atoms with Crippen molar-refractivity contribution in [3.05, 3.63) is 0 Å². The SMILES string of the molecule is CC(=O)CC(=O)NC1CCC(CC2CCC(NC(=O)CC(C)=O)C(C)C2)CC1C. The van der Waals surface area contributed by atoms with Crippen molar-refractivity contribution in [2.75, 3.05) is 0 Å². The molecule has 0 aromatic rings. The lowest BCUT2D eigenvalue weighted by molar-refractivity contribution is -0.129. The summed E-state index contributed by atoms with van der Waals surface area (Å²) in [6, 6.07) is 0.369. The average molecular weight is 407 g/mol. The molecule has 0 spiro atoms. The van der Waals surface area contributed by atoms with Crippen LogP contribution < -0.4 is 10.6 Å². The molecule has 0 aliphatic heterocycles. The zero-order chi connectivity index (χ0) is 21.6. The van der Waals surface area contributed by atoms with E-state index >= 15 is 0 Å². The van der Waals surface area contributed by atoms with Crippen molar-refractivity contribution in [1.82, 2.24) is 10.6 Å². The van der Waals surface area contributed by atoms with Crippen LogP contribution in [0, 0.1) is 23.7 Å². The highest BCUT2D eigenvalue weighted by Gasteiger charge is 2.33. The minimum Gasteiger partial charge on any atom is -0.353 e. The van der Waals surface area contributed by atoms with Crippen molar-refractivity contribution in [3.8, 4) is 0 Å². The third-order valence-corrected chi connectivity index (χ3v) is 6.73. The summed E-state index contributed by atoms with van der Waals surface area (Å²) in [5, 5.41) is 6.09. The topological polar surface area (TPSA) is 92.3 Å². The molecular formula is C23H38N2O4. The second-order valence-corrected chi connectivity index (χ2v) is 9.65. The number of ketones is 2. The van der Waals surface area contributed by atoms with Crippen LogP contribution in [-0.4, -0.2) is 35.5 Å². The molecule has 2 saturated carbocycles. The van der Waals surface area contributed by atoms with Crippen LogP contribution in [0.5, 0.6) is 0 Å². The van der Waals surface area contributed by atoms with Crippen molar-refractivity contribution in [2.24, 2.45) is 23.7 Å². The molecule has 0 heterocycles. The highest BCUT2D eigenvalue weighted by molar-refractivity contribution is 5.97. The van der Waals surface area contributed by atoms with Crippen LogP contribution in [0.15, 0.2) is 0 Å². The lowest BCUT2D eigenvalue weighted by Crippen LogP contribution is -2.44. The molecule has 2 N–H and O–H groups in total. The Morgan fingerprint density at radius 2 is 1.07 bits per heavy atom. The van der Waals surface area contributed by atoms with Crippen molar-refractivity contribution in [2.45, 2.75) is 97.6 Å². The Balaban J connectivity index is 1.74. The molecule has 2 aliphatic rings. The van der Waals surface area contributed by atoms with E-state index in [1.54, 1.807) is 0 Å². The number of carbonyl (C=O) groups is 4. The van der Waals surface area contributed by atoms with Gasteiger partial charge in [0.05, 0.1) is 12.8 Å². The first kappa shape index (κ1) is 23.6. The molecule has 0 aromatic heterocycles. The Bertz CT molecular complexity index is 566. The fourth-order valence-corrected chi connectivity index (χ4v) is 5.31. The van der Waals surface area contributed by atoms with E-state index in [1.807, 2.05) is 0 Å². The Morgan fingerprint density at radius 1 is 0.690 bits per heavy atom. The summed E-state index contributed by atoms with van der Waals surface area (Å²) in [5.41, 5.74) is 0. The maximum absolute atomic E-state index is 11.9. The minimum absolute atomic E-state index is 0.0171. The molecule has 2 rings (SSSR count). The summed E-state index contributed by atoms with van der Waals surface area (Å²) in [6.07, 6.45) is 7.65. The first-order chi connectivity index (χ1) is 13.6. The highest BCUT2D eigenvalue weighted by Crippen LogP contribution is 2.39. The van der Waals surface area contributed by atoms with Gasteiger partial charge in [0.25, 0.3) is 0 Å². The summed E-state index contributed by atoms with van der Waals surface area (Å²) >= 11 is 0. The van der Waals surface area contributed by atoms with E-state index in [-0.39, 0.29) is 48.3 Å². The quantitative estimate of drug-likeness (QED) is 0.606. The van der Waals surface area contributed by atoms with Crippen LogP contribution in [0.1, 0.15) is 85.5 Å². The second kappa shape index (κ2) is 10.9. The first-order valence-corrected chi connectivity index (χ1v) is 11.2. The summed E-state index contributed by atoms with van der Waals surface area (Å²) in [6.45, 7) is 7.30. The molecule has 6 heteroatoms. The number of rotatable bonds is 8. The number of carbonyl (C=O) groups excluding carboxylic acids is 4. The maximum Gasteiger partial charge on any atom is 0.227 e. The fraction of sp³-hybridized carbons (Fsp3) is 0.826. The Kier molecular flexibility index (Phi) is 8.84. The summed E-state index contributed by atoms with van der Waals surface area (Å²) in [4.78, 5) is 46.0. The smallest absolute Gasteiger partial charge is 0.227 e. The van der Waals surface area contributed by atoms with Crippen LogP contribution in [0.25, 0.3) is 0 Å². The number of nitrogens with one attached hydrogen (secondary N) is 2. The molecule has 29 heavy (non-hydrogen) atoms. The van der Waals surface area contributed by atoms with Gasteiger partial charge in [-0.05, 0) is 82.5 Å². The van der Waals surface area contributed by atoms with Gasteiger partial charge < -0.3 is 10.6 Å². The lowest BCUT2D eigenvalue weighted by Gasteiger charge is -2.39. The monoisotopic (exact) mass is 406 g/mol. The van der Waals surface area contributed by atoms with Gasteiger partial charge in [0.1, 0.15) is 11.6 Å². The first-order valence-electron chi connectivity index (χ1n) is 11.2. The number of hydrogen-bond acceptors (Lipinski definition) is 4. The Hall–Kier alpha value is -1.72. The predicted molar refractivity (Wildman–Crippen MR) is 112 cm³/mol. The normalized spacial score (nSPS) is 32.3. The van der Waals surface area contributed by atoms with Crippen molar-refractivity contribution in [1.29, 1.82) is 0 Å². The van der Waals surface area contributed by atoms with Gasteiger partial charge in [-0.15, -0.1) is 0 Å². The Morgan fingerprint density at radius 3 is 1.38 bits per heavy atom. The number of hydrogen-bond donors (Lipinski definition) is 2. The largest absolute Gasteiger partial charge is 0.353 e. The summed E-state index contributed by atoms with van der Waals surface area (Å²) in [7, 11) is 0. The van der Waals surface area contributed by atoms with E-state index in [0.717, 1.165) is 38.5 Å². The van der Waals surface area contributed by atoms with E-state index in [4.69, 9.17) is 0 Å². The van der Waals surface area contributed by atoms with E-state index in [9.17, 15) is 19.2 Å². The van der Waals surface area contributed by atoms with Gasteiger partial charge in [0.2, 0.25) is 11.8 Å². The minimum atomic E-state index is -0.147. The molecule has 6 unspecified atom stereocenters. The highest BCUT2D eigenvalue weighted by atomic mass is 16.2. The van der Waals surface area contributed by atoms with Gasteiger partial charge in [-0.25, -0.2) is 0 Å². The second-order valence-electron chi connectivity index (χ2n) is 9.65. The molecule has 6 nitrogen and oxygen atoms in total. The van der Waals surface area contributed by atoms with Crippen molar-refractivity contribution < 1.29 is 19.2 Å².